The summed E-state index contributed by atoms with van der Waals surface area (Å²) in [6.07, 6.45) is 7.91. The summed E-state index contributed by atoms with van der Waals surface area (Å²) in [5, 5.41) is 0. The van der Waals surface area contributed by atoms with E-state index < -0.39 is 0 Å². The molecule has 0 saturated heterocycles. The topological polar surface area (TPSA) is 26.0 Å². The molecule has 0 aromatic rings. The first-order chi connectivity index (χ1) is 7.49. The van der Waals surface area contributed by atoms with Crippen LogP contribution in [0, 0.1) is 17.3 Å². The monoisotopic (exact) mass is 355 g/mol. The van der Waals surface area contributed by atoms with Crippen LogP contribution >= 0.6 is 24.0 Å². The van der Waals surface area contributed by atoms with Crippen molar-refractivity contribution in [2.75, 3.05) is 6.54 Å². The first-order valence-corrected chi connectivity index (χ1v) is 7.19. The predicted octanol–water partition coefficient (Wildman–Crippen LogP) is 5.22. The Balaban J connectivity index is 0. The summed E-state index contributed by atoms with van der Waals surface area (Å²) in [5.41, 5.74) is 6.37. The van der Waals surface area contributed by atoms with E-state index >= 15 is 0 Å². The number of hydrogen-bond acceptors (Lipinski definition) is 1. The highest BCUT2D eigenvalue weighted by atomic mass is 127. The van der Waals surface area contributed by atoms with Crippen molar-refractivity contribution in [3.8, 4) is 0 Å². The van der Waals surface area contributed by atoms with Gasteiger partial charge in [-0.25, -0.2) is 0 Å². The lowest BCUT2D eigenvalue weighted by Gasteiger charge is -2.33. The lowest BCUT2D eigenvalue weighted by Crippen LogP contribution is -2.31. The van der Waals surface area contributed by atoms with E-state index in [-0.39, 0.29) is 24.0 Å². The summed E-state index contributed by atoms with van der Waals surface area (Å²) in [4.78, 5) is 0. The molecule has 17 heavy (non-hydrogen) atoms. The maximum atomic E-state index is 5.95. The molecule has 0 radical (unpaired) electrons. The molecule has 0 rings (SSSR count). The average Bonchev–Trinajstić information content (AvgIpc) is 2.25. The first-order valence-electron chi connectivity index (χ1n) is 7.19. The molecule has 0 amide bonds. The maximum absolute atomic E-state index is 5.95. The van der Waals surface area contributed by atoms with Crippen LogP contribution in [0.25, 0.3) is 0 Å². The van der Waals surface area contributed by atoms with Crippen molar-refractivity contribution in [1.82, 2.24) is 0 Å². The van der Waals surface area contributed by atoms with E-state index in [1.165, 1.54) is 38.5 Å². The van der Waals surface area contributed by atoms with Crippen LogP contribution in [0.4, 0.5) is 0 Å². The molecular formula is C15H34IN. The Bertz CT molecular complexity index is 156. The highest BCUT2D eigenvalue weighted by molar-refractivity contribution is 14.0. The average molecular weight is 355 g/mol. The molecule has 106 valence electrons. The highest BCUT2D eigenvalue weighted by Crippen LogP contribution is 2.34. The van der Waals surface area contributed by atoms with Gasteiger partial charge in [-0.15, -0.1) is 24.0 Å². The second-order valence-corrected chi connectivity index (χ2v) is 6.05. The van der Waals surface area contributed by atoms with Gasteiger partial charge in [-0.3, -0.25) is 0 Å². The van der Waals surface area contributed by atoms with Gasteiger partial charge in [0, 0.05) is 0 Å². The van der Waals surface area contributed by atoms with Crippen molar-refractivity contribution in [2.24, 2.45) is 23.0 Å². The number of hydrogen-bond donors (Lipinski definition) is 1. The molecule has 0 spiro atoms. The Kier molecular flexibility index (Phi) is 12.5. The number of nitrogens with two attached hydrogens (primary N) is 1. The highest BCUT2D eigenvalue weighted by Gasteiger charge is 2.26. The molecule has 1 nitrogen and oxygen atoms in total. The molecule has 0 saturated carbocycles. The summed E-state index contributed by atoms with van der Waals surface area (Å²) < 4.78 is 0. The van der Waals surface area contributed by atoms with Crippen LogP contribution in [-0.4, -0.2) is 6.54 Å². The summed E-state index contributed by atoms with van der Waals surface area (Å²) in [7, 11) is 0. The normalized spacial score (nSPS) is 13.6. The van der Waals surface area contributed by atoms with E-state index in [1.54, 1.807) is 0 Å². The second-order valence-electron chi connectivity index (χ2n) is 6.05. The van der Waals surface area contributed by atoms with Crippen molar-refractivity contribution in [3.05, 3.63) is 0 Å². The van der Waals surface area contributed by atoms with E-state index in [0.717, 1.165) is 18.4 Å². The van der Waals surface area contributed by atoms with Gasteiger partial charge < -0.3 is 5.73 Å². The summed E-state index contributed by atoms with van der Waals surface area (Å²) in [6.45, 7) is 12.5. The molecule has 0 bridgehead atoms. The minimum Gasteiger partial charge on any atom is -0.330 e. The van der Waals surface area contributed by atoms with E-state index in [9.17, 15) is 0 Å². The smallest absolute Gasteiger partial charge is 0.00206 e. The Labute approximate surface area is 126 Å². The molecule has 0 aromatic carbocycles. The summed E-state index contributed by atoms with van der Waals surface area (Å²) in [6, 6.07) is 0. The Morgan fingerprint density at radius 3 is 1.88 bits per heavy atom. The van der Waals surface area contributed by atoms with Crippen LogP contribution in [0.5, 0.6) is 0 Å². The third-order valence-corrected chi connectivity index (χ3v) is 4.19. The zero-order chi connectivity index (χ0) is 12.6. The molecule has 0 heterocycles. The van der Waals surface area contributed by atoms with Gasteiger partial charge >= 0.3 is 0 Å². The van der Waals surface area contributed by atoms with Gasteiger partial charge in [-0.05, 0) is 43.1 Å². The van der Waals surface area contributed by atoms with Crippen LogP contribution in [0.2, 0.25) is 0 Å². The van der Waals surface area contributed by atoms with Crippen molar-refractivity contribution in [1.29, 1.82) is 0 Å². The van der Waals surface area contributed by atoms with E-state index in [4.69, 9.17) is 5.73 Å². The summed E-state index contributed by atoms with van der Waals surface area (Å²) >= 11 is 0. The third-order valence-electron chi connectivity index (χ3n) is 4.19. The molecule has 0 aliphatic carbocycles. The lowest BCUT2D eigenvalue weighted by molar-refractivity contribution is 0.202. The van der Waals surface area contributed by atoms with Crippen molar-refractivity contribution < 1.29 is 0 Å². The van der Waals surface area contributed by atoms with Crippen LogP contribution in [0.3, 0.4) is 0 Å². The predicted molar refractivity (Wildman–Crippen MR) is 90.0 cm³/mol. The fourth-order valence-electron chi connectivity index (χ4n) is 2.63. The molecule has 0 aromatic heterocycles. The largest absolute Gasteiger partial charge is 0.330 e. The standard InChI is InChI=1S/C15H33N.HI/c1-6-15(7-2,12-16)11-14(5)10-8-9-13(3)4;/h13-14H,6-12,16H2,1-5H3;1H. The molecule has 0 aliphatic heterocycles. The lowest BCUT2D eigenvalue weighted by atomic mass is 9.74. The maximum Gasteiger partial charge on any atom is -0.00206 e. The molecule has 0 aliphatic rings. The first kappa shape index (κ1) is 20.0. The fraction of sp³-hybridized carbons (Fsp3) is 1.00. The number of halogens is 1. The Hall–Kier alpha value is 0.690. The molecule has 1 atom stereocenters. The van der Waals surface area contributed by atoms with Crippen LogP contribution in [-0.2, 0) is 0 Å². The molecule has 2 heteroatoms. The van der Waals surface area contributed by atoms with Gasteiger partial charge in [-0.1, -0.05) is 53.9 Å². The molecular weight excluding hydrogens is 321 g/mol. The van der Waals surface area contributed by atoms with E-state index in [2.05, 4.69) is 34.6 Å². The third kappa shape index (κ3) is 8.41. The van der Waals surface area contributed by atoms with Crippen LogP contribution < -0.4 is 5.73 Å². The van der Waals surface area contributed by atoms with Gasteiger partial charge in [0.2, 0.25) is 0 Å². The SMILES string of the molecule is CCC(CC)(CN)CC(C)CCCC(C)C.I. The van der Waals surface area contributed by atoms with E-state index in [0.29, 0.717) is 5.41 Å². The van der Waals surface area contributed by atoms with Crippen molar-refractivity contribution >= 4 is 24.0 Å². The zero-order valence-corrected chi connectivity index (χ0v) is 14.9. The fourth-order valence-corrected chi connectivity index (χ4v) is 2.63. The van der Waals surface area contributed by atoms with E-state index in [1.807, 2.05) is 0 Å². The van der Waals surface area contributed by atoms with Gasteiger partial charge in [0.15, 0.2) is 0 Å². The second kappa shape index (κ2) is 10.6. The number of rotatable bonds is 9. The Morgan fingerprint density at radius 2 is 1.53 bits per heavy atom. The molecule has 0 fully saturated rings. The zero-order valence-electron chi connectivity index (χ0n) is 12.6. The molecule has 1 unspecified atom stereocenters. The van der Waals surface area contributed by atoms with Gasteiger partial charge in [0.05, 0.1) is 0 Å². The van der Waals surface area contributed by atoms with Gasteiger partial charge in [0.25, 0.3) is 0 Å². The van der Waals surface area contributed by atoms with Gasteiger partial charge in [-0.2, -0.15) is 0 Å². The van der Waals surface area contributed by atoms with Crippen molar-refractivity contribution in [3.63, 3.8) is 0 Å². The minimum absolute atomic E-state index is 0. The Morgan fingerprint density at radius 1 is 1.00 bits per heavy atom. The van der Waals surface area contributed by atoms with Crippen LogP contribution in [0.15, 0.2) is 0 Å². The quantitative estimate of drug-likeness (QED) is 0.564. The minimum atomic E-state index is 0. The van der Waals surface area contributed by atoms with Crippen LogP contribution in [0.1, 0.15) is 73.1 Å². The molecule has 2 N–H and O–H groups in total. The van der Waals surface area contributed by atoms with Crippen molar-refractivity contribution in [2.45, 2.75) is 73.1 Å². The summed E-state index contributed by atoms with van der Waals surface area (Å²) in [5.74, 6) is 1.69. The van der Waals surface area contributed by atoms with Gasteiger partial charge in [0.1, 0.15) is 0 Å².